The Kier molecular flexibility index (Phi) is 109. The van der Waals surface area contributed by atoms with Crippen LogP contribution < -0.4 is 49.6 Å². The number of halogens is 4. The number of nitrogens with zero attached hydrogens (tertiary/aromatic N) is 2. The van der Waals surface area contributed by atoms with Crippen molar-refractivity contribution in [1.29, 1.82) is 0 Å². The number of rotatable bonds is 1. The Bertz CT molecular complexity index is 343. The molecule has 23 heavy (non-hydrogen) atoms. The Morgan fingerprint density at radius 1 is 0.478 bits per heavy atom. The summed E-state index contributed by atoms with van der Waals surface area (Å²) in [5, 5.41) is 0. The van der Waals surface area contributed by atoms with Crippen LogP contribution in [0.25, 0.3) is 11.4 Å². The molecule has 0 saturated heterocycles. The zero-order chi connectivity index (χ0) is 8.23. The van der Waals surface area contributed by atoms with Crippen molar-refractivity contribution in [3.05, 3.63) is 48.8 Å². The molecule has 0 amide bonds. The van der Waals surface area contributed by atoms with Gasteiger partial charge in [0.15, 0.2) is 0 Å². The molecule has 0 aliphatic heterocycles. The fourth-order valence-electron chi connectivity index (χ4n) is 1.03. The molecule has 0 aliphatic carbocycles. The Morgan fingerprint density at radius 2 is 0.739 bits per heavy atom. The maximum Gasteiger partial charge on any atom is 4.00 e. The van der Waals surface area contributed by atoms with Gasteiger partial charge < -0.3 is 82.5 Å². The minimum absolute atomic E-state index is 0. The van der Waals surface area contributed by atoms with Gasteiger partial charge >= 0.3 is 19.5 Å². The number of hydrogen-bond acceptors (Lipinski definition) is 2. The van der Waals surface area contributed by atoms with Gasteiger partial charge in [0.05, 0.1) is 11.4 Å². The van der Waals surface area contributed by atoms with Crippen LogP contribution in [0.2, 0.25) is 0 Å². The molecule has 0 saturated carbocycles. The summed E-state index contributed by atoms with van der Waals surface area (Å²) < 4.78 is 0. The van der Waals surface area contributed by atoms with Gasteiger partial charge in [-0.05, 0) is 24.3 Å². The zero-order valence-corrected chi connectivity index (χ0v) is 16.1. The first-order chi connectivity index (χ1) is 5.97. The summed E-state index contributed by atoms with van der Waals surface area (Å²) >= 11 is 0. The van der Waals surface area contributed by atoms with Crippen molar-refractivity contribution in [2.24, 2.45) is 0 Å². The molecule has 0 unspecified atom stereocenters. The fourth-order valence-corrected chi connectivity index (χ4v) is 1.03. The molecule has 12 N–H and O–H groups in total. The van der Waals surface area contributed by atoms with E-state index in [1.165, 1.54) is 0 Å². The van der Waals surface area contributed by atoms with Crippen LogP contribution in [0.4, 0.5) is 0 Å². The third-order valence-corrected chi connectivity index (χ3v) is 1.59. The van der Waals surface area contributed by atoms with Crippen LogP contribution in [-0.4, -0.2) is 42.8 Å². The van der Waals surface area contributed by atoms with Crippen molar-refractivity contribution in [2.75, 3.05) is 0 Å². The van der Waals surface area contributed by atoms with E-state index in [1.807, 2.05) is 36.4 Å². The first kappa shape index (κ1) is 66.1. The van der Waals surface area contributed by atoms with Crippen LogP contribution in [0.5, 0.6) is 0 Å². The third-order valence-electron chi connectivity index (χ3n) is 1.59. The van der Waals surface area contributed by atoms with E-state index in [2.05, 4.69) is 9.97 Å². The number of aromatic nitrogens is 2. The van der Waals surface area contributed by atoms with E-state index in [0.717, 1.165) is 11.4 Å². The Labute approximate surface area is 171 Å². The van der Waals surface area contributed by atoms with Crippen LogP contribution in [0.1, 0.15) is 0 Å². The van der Waals surface area contributed by atoms with Crippen molar-refractivity contribution in [1.82, 2.24) is 9.97 Å². The van der Waals surface area contributed by atoms with Gasteiger partial charge in [-0.25, -0.2) is 0 Å². The van der Waals surface area contributed by atoms with Crippen molar-refractivity contribution >= 4 is 0 Å². The van der Waals surface area contributed by atoms with Gasteiger partial charge in [0.2, 0.25) is 0 Å². The molecule has 0 aliphatic rings. The Morgan fingerprint density at radius 3 is 0.913 bits per heavy atom. The normalized spacial score (nSPS) is 5.04. The van der Waals surface area contributed by atoms with Crippen molar-refractivity contribution in [2.45, 2.75) is 0 Å². The predicted octanol–water partition coefficient (Wildman–Crippen LogP) is -14.8. The van der Waals surface area contributed by atoms with Crippen LogP contribution in [0.3, 0.4) is 0 Å². The summed E-state index contributed by atoms with van der Waals surface area (Å²) in [5.41, 5.74) is 1.83. The van der Waals surface area contributed by atoms with Gasteiger partial charge in [-0.2, -0.15) is 0 Å². The molecule has 2 rings (SSSR count). The maximum atomic E-state index is 4.19. The van der Waals surface area contributed by atoms with E-state index in [1.54, 1.807) is 12.4 Å². The second kappa shape index (κ2) is 37.8. The molecular formula is C10H20Cl4N2O6Ru. The van der Waals surface area contributed by atoms with E-state index in [4.69, 9.17) is 0 Å². The van der Waals surface area contributed by atoms with E-state index in [0.29, 0.717) is 0 Å². The largest absolute Gasteiger partial charge is 4.00 e. The number of pyridine rings is 2. The van der Waals surface area contributed by atoms with E-state index in [9.17, 15) is 0 Å². The second-order valence-electron chi connectivity index (χ2n) is 2.43. The molecule has 0 fully saturated rings. The van der Waals surface area contributed by atoms with Crippen LogP contribution in [-0.2, 0) is 19.5 Å². The van der Waals surface area contributed by atoms with Gasteiger partial charge in [-0.3, -0.25) is 9.97 Å². The van der Waals surface area contributed by atoms with Gasteiger partial charge in [-0.15, -0.1) is 0 Å². The first-order valence-corrected chi connectivity index (χ1v) is 3.79. The van der Waals surface area contributed by atoms with Gasteiger partial charge in [0, 0.05) is 12.4 Å². The van der Waals surface area contributed by atoms with Crippen LogP contribution in [0.15, 0.2) is 48.8 Å². The summed E-state index contributed by atoms with van der Waals surface area (Å²) in [6.07, 6.45) is 3.54. The minimum Gasteiger partial charge on any atom is -1.00 e. The topological polar surface area (TPSA) is 215 Å². The van der Waals surface area contributed by atoms with E-state index in [-0.39, 0.29) is 102 Å². The van der Waals surface area contributed by atoms with Crippen molar-refractivity contribution in [3.8, 4) is 11.4 Å². The molecule has 2 aromatic heterocycles. The summed E-state index contributed by atoms with van der Waals surface area (Å²) in [6, 6.07) is 11.6. The quantitative estimate of drug-likeness (QED) is 0.344. The molecule has 0 aromatic carbocycles. The molecule has 8 nitrogen and oxygen atoms in total. The summed E-state index contributed by atoms with van der Waals surface area (Å²) in [6.45, 7) is 0. The second-order valence-corrected chi connectivity index (χ2v) is 2.43. The van der Waals surface area contributed by atoms with Crippen molar-refractivity contribution < 1.29 is 102 Å². The molecule has 0 atom stereocenters. The predicted molar refractivity (Wildman–Crippen MR) is 69.2 cm³/mol. The average Bonchev–Trinajstić information content (AvgIpc) is 2.21. The summed E-state index contributed by atoms with van der Waals surface area (Å²) in [7, 11) is 0. The fraction of sp³-hybridized carbons (Fsp3) is 0. The van der Waals surface area contributed by atoms with Gasteiger partial charge in [0.1, 0.15) is 0 Å². The van der Waals surface area contributed by atoms with Crippen LogP contribution in [0, 0.1) is 0 Å². The molecule has 13 heteroatoms. The van der Waals surface area contributed by atoms with Gasteiger partial charge in [-0.1, -0.05) is 12.1 Å². The SMILES string of the molecule is O.O.O.O.O.O.[Cl-].[Cl-].[Cl-].[Cl-].[Ru+4].c1ccc(-c2ccccn2)nc1. The summed E-state index contributed by atoms with van der Waals surface area (Å²) in [4.78, 5) is 8.37. The molecule has 2 aromatic rings. The minimum atomic E-state index is 0. The molecule has 0 bridgehead atoms. The van der Waals surface area contributed by atoms with Crippen LogP contribution >= 0.6 is 0 Å². The average molecular weight is 507 g/mol. The zero-order valence-electron chi connectivity index (χ0n) is 11.4. The van der Waals surface area contributed by atoms with Crippen molar-refractivity contribution in [3.63, 3.8) is 0 Å². The number of hydrogen-bond donors (Lipinski definition) is 0. The molecule has 0 spiro atoms. The third kappa shape index (κ3) is 21.8. The molecular weight excluding hydrogens is 487 g/mol. The maximum absolute atomic E-state index is 4.19. The summed E-state index contributed by atoms with van der Waals surface area (Å²) in [5.74, 6) is 0. The monoisotopic (exact) mass is 506 g/mol. The van der Waals surface area contributed by atoms with E-state index < -0.39 is 0 Å². The smallest absolute Gasteiger partial charge is 1.00 e. The molecule has 0 radical (unpaired) electrons. The Balaban J connectivity index is -0.0000000192. The molecule has 142 valence electrons. The van der Waals surface area contributed by atoms with E-state index >= 15 is 0 Å². The van der Waals surface area contributed by atoms with Gasteiger partial charge in [0.25, 0.3) is 0 Å². The standard InChI is InChI=1S/C10H8N2.4ClH.6H2O.Ru/c1-3-7-11-9(5-1)10-6-2-4-8-12-10;;;;;;;;;;;/h1-8H;4*1H;6*1H2;/q;;;;;;;;;;;+4/p-4. The Hall–Kier alpha value is -0.157. The first-order valence-electron chi connectivity index (χ1n) is 3.79. The molecule has 2 heterocycles.